The first-order valence-electron chi connectivity index (χ1n) is 8.09. The number of carbonyl (C=O) groups excluding carboxylic acids is 1. The van der Waals surface area contributed by atoms with Crippen LogP contribution in [0.3, 0.4) is 0 Å². The van der Waals surface area contributed by atoms with Crippen LogP contribution < -0.4 is 10.2 Å². The molecule has 130 valence electrons. The minimum absolute atomic E-state index is 0.0425. The smallest absolute Gasteiger partial charge is 0.273 e. The predicted octanol–water partition coefficient (Wildman–Crippen LogP) is 2.61. The van der Waals surface area contributed by atoms with Gasteiger partial charge in [-0.15, -0.1) is 0 Å². The van der Waals surface area contributed by atoms with Crippen LogP contribution in [0.2, 0.25) is 0 Å². The molecule has 0 aliphatic carbocycles. The van der Waals surface area contributed by atoms with E-state index in [1.165, 1.54) is 6.07 Å². The van der Waals surface area contributed by atoms with E-state index >= 15 is 0 Å². The normalized spacial score (nSPS) is 14.2. The number of para-hydroxylation sites is 3. The van der Waals surface area contributed by atoms with Gasteiger partial charge in [0.25, 0.3) is 5.69 Å². The van der Waals surface area contributed by atoms with Gasteiger partial charge in [-0.3, -0.25) is 14.9 Å². The number of hydrogen-bond donors (Lipinski definition) is 1. The number of benzene rings is 2. The molecule has 0 saturated carbocycles. The quantitative estimate of drug-likeness (QED) is 0.667. The molecule has 1 fully saturated rings. The van der Waals surface area contributed by atoms with E-state index in [0.29, 0.717) is 24.5 Å². The molecule has 3 rings (SSSR count). The number of ether oxygens (including phenoxy) is 1. The predicted molar refractivity (Wildman–Crippen MR) is 94.9 cm³/mol. The lowest BCUT2D eigenvalue weighted by Gasteiger charge is -2.30. The van der Waals surface area contributed by atoms with Gasteiger partial charge in [0.2, 0.25) is 5.91 Å². The molecular formula is C18H19N3O4. The second-order valence-electron chi connectivity index (χ2n) is 5.73. The maximum Gasteiger partial charge on any atom is 0.273 e. The Morgan fingerprint density at radius 1 is 1.12 bits per heavy atom. The fourth-order valence-corrected chi connectivity index (χ4v) is 2.87. The molecular weight excluding hydrogens is 322 g/mol. The third-order valence-electron chi connectivity index (χ3n) is 4.07. The maximum absolute atomic E-state index is 12.4. The molecule has 0 bridgehead atoms. The molecule has 1 aliphatic rings. The Balaban J connectivity index is 1.75. The molecule has 2 aromatic carbocycles. The molecule has 7 heteroatoms. The van der Waals surface area contributed by atoms with Crippen molar-refractivity contribution < 1.29 is 14.5 Å². The van der Waals surface area contributed by atoms with Crippen LogP contribution in [-0.2, 0) is 16.0 Å². The second-order valence-corrected chi connectivity index (χ2v) is 5.73. The maximum atomic E-state index is 12.4. The van der Waals surface area contributed by atoms with Crippen LogP contribution in [0.25, 0.3) is 0 Å². The zero-order valence-electron chi connectivity index (χ0n) is 13.7. The van der Waals surface area contributed by atoms with Crippen molar-refractivity contribution in [3.63, 3.8) is 0 Å². The number of rotatable bonds is 5. The summed E-state index contributed by atoms with van der Waals surface area (Å²) in [5, 5.41) is 14.0. The number of nitro groups is 1. The molecule has 1 amide bonds. The van der Waals surface area contributed by atoms with Crippen LogP contribution in [0.15, 0.2) is 48.5 Å². The van der Waals surface area contributed by atoms with Crippen molar-refractivity contribution in [3.8, 4) is 0 Å². The molecule has 1 N–H and O–H groups in total. The Bertz CT molecular complexity index is 772. The van der Waals surface area contributed by atoms with E-state index in [9.17, 15) is 14.9 Å². The van der Waals surface area contributed by atoms with Crippen LogP contribution in [0.4, 0.5) is 17.1 Å². The summed E-state index contributed by atoms with van der Waals surface area (Å²) >= 11 is 0. The molecule has 0 aromatic heterocycles. The Morgan fingerprint density at radius 2 is 1.80 bits per heavy atom. The molecule has 0 atom stereocenters. The minimum Gasteiger partial charge on any atom is -0.378 e. The lowest BCUT2D eigenvalue weighted by molar-refractivity contribution is -0.385. The molecule has 1 saturated heterocycles. The zero-order chi connectivity index (χ0) is 17.6. The van der Waals surface area contributed by atoms with Gasteiger partial charge in [-0.25, -0.2) is 0 Å². The van der Waals surface area contributed by atoms with Crippen molar-refractivity contribution in [2.75, 3.05) is 36.5 Å². The number of carbonyl (C=O) groups is 1. The largest absolute Gasteiger partial charge is 0.378 e. The Hall–Kier alpha value is -2.93. The van der Waals surface area contributed by atoms with E-state index in [2.05, 4.69) is 10.2 Å². The highest BCUT2D eigenvalue weighted by Crippen LogP contribution is 2.27. The summed E-state index contributed by atoms with van der Waals surface area (Å²) in [7, 11) is 0. The van der Waals surface area contributed by atoms with Crippen molar-refractivity contribution in [2.24, 2.45) is 0 Å². The third kappa shape index (κ3) is 4.13. The first-order valence-corrected chi connectivity index (χ1v) is 8.09. The lowest BCUT2D eigenvalue weighted by atomic mass is 10.1. The van der Waals surface area contributed by atoms with E-state index in [4.69, 9.17) is 4.74 Å². The number of nitrogens with one attached hydrogen (secondary N) is 1. The van der Waals surface area contributed by atoms with Crippen molar-refractivity contribution >= 4 is 23.0 Å². The highest BCUT2D eigenvalue weighted by atomic mass is 16.6. The van der Waals surface area contributed by atoms with Crippen molar-refractivity contribution in [3.05, 3.63) is 64.2 Å². The van der Waals surface area contributed by atoms with Crippen molar-refractivity contribution in [2.45, 2.75) is 6.42 Å². The Kier molecular flexibility index (Phi) is 5.25. The molecule has 1 heterocycles. The summed E-state index contributed by atoms with van der Waals surface area (Å²) in [4.78, 5) is 25.2. The number of nitrogens with zero attached hydrogens (tertiary/aromatic N) is 2. The summed E-state index contributed by atoms with van der Waals surface area (Å²) in [6.07, 6.45) is -0.0470. The summed E-state index contributed by atoms with van der Waals surface area (Å²) in [5.41, 5.74) is 1.99. The molecule has 0 unspecified atom stereocenters. The van der Waals surface area contributed by atoms with Crippen molar-refractivity contribution in [1.82, 2.24) is 0 Å². The van der Waals surface area contributed by atoms with Gasteiger partial charge in [0.15, 0.2) is 0 Å². The van der Waals surface area contributed by atoms with Gasteiger partial charge in [0, 0.05) is 24.7 Å². The zero-order valence-corrected chi connectivity index (χ0v) is 13.7. The molecule has 0 spiro atoms. The summed E-state index contributed by atoms with van der Waals surface area (Å²) in [6, 6.07) is 13.8. The van der Waals surface area contributed by atoms with Gasteiger partial charge in [-0.05, 0) is 12.1 Å². The average Bonchev–Trinajstić information content (AvgIpc) is 2.63. The van der Waals surface area contributed by atoms with Gasteiger partial charge >= 0.3 is 0 Å². The first-order chi connectivity index (χ1) is 12.1. The SMILES string of the molecule is O=C(Cc1ccccc1[N+](=O)[O-])Nc1ccccc1N1CCOCC1. The molecule has 7 nitrogen and oxygen atoms in total. The van der Waals surface area contributed by atoms with E-state index in [1.807, 2.05) is 24.3 Å². The summed E-state index contributed by atoms with van der Waals surface area (Å²) in [5.74, 6) is -0.282. The monoisotopic (exact) mass is 341 g/mol. The number of amides is 1. The van der Waals surface area contributed by atoms with E-state index in [0.717, 1.165) is 18.8 Å². The Labute approximate surface area is 145 Å². The molecule has 2 aromatic rings. The highest BCUT2D eigenvalue weighted by molar-refractivity contribution is 5.96. The number of anilines is 2. The second kappa shape index (κ2) is 7.76. The van der Waals surface area contributed by atoms with Gasteiger partial charge in [0.05, 0.1) is 35.9 Å². The van der Waals surface area contributed by atoms with Crippen LogP contribution in [0, 0.1) is 10.1 Å². The van der Waals surface area contributed by atoms with Gasteiger partial charge < -0.3 is 15.0 Å². The van der Waals surface area contributed by atoms with Crippen molar-refractivity contribution in [1.29, 1.82) is 0 Å². The minimum atomic E-state index is -0.468. The highest BCUT2D eigenvalue weighted by Gasteiger charge is 2.18. The molecule has 0 radical (unpaired) electrons. The molecule has 25 heavy (non-hydrogen) atoms. The number of hydrogen-bond acceptors (Lipinski definition) is 5. The fourth-order valence-electron chi connectivity index (χ4n) is 2.87. The van der Waals surface area contributed by atoms with Gasteiger partial charge in [-0.1, -0.05) is 30.3 Å². The fraction of sp³-hybridized carbons (Fsp3) is 0.278. The van der Waals surface area contributed by atoms with Gasteiger partial charge in [-0.2, -0.15) is 0 Å². The average molecular weight is 341 g/mol. The van der Waals surface area contributed by atoms with Crippen LogP contribution >= 0.6 is 0 Å². The first kappa shape index (κ1) is 16.9. The van der Waals surface area contributed by atoms with Gasteiger partial charge in [0.1, 0.15) is 0 Å². The van der Waals surface area contributed by atoms with Crippen LogP contribution in [0.1, 0.15) is 5.56 Å². The van der Waals surface area contributed by atoms with E-state index < -0.39 is 4.92 Å². The van der Waals surface area contributed by atoms with E-state index in [1.54, 1.807) is 18.2 Å². The van der Waals surface area contributed by atoms with E-state index in [-0.39, 0.29) is 18.0 Å². The number of morpholine rings is 1. The molecule has 1 aliphatic heterocycles. The van der Waals surface area contributed by atoms with Crippen LogP contribution in [-0.4, -0.2) is 37.1 Å². The standard InChI is InChI=1S/C18H19N3O4/c22-18(13-14-5-1-3-7-16(14)21(23)24)19-15-6-2-4-8-17(15)20-9-11-25-12-10-20/h1-8H,9-13H2,(H,19,22). The lowest BCUT2D eigenvalue weighted by Crippen LogP contribution is -2.36. The topological polar surface area (TPSA) is 84.7 Å². The van der Waals surface area contributed by atoms with Crippen LogP contribution in [0.5, 0.6) is 0 Å². The summed E-state index contributed by atoms with van der Waals surface area (Å²) < 4.78 is 5.36. The Morgan fingerprint density at radius 3 is 2.56 bits per heavy atom. The third-order valence-corrected chi connectivity index (χ3v) is 4.07. The number of nitro benzene ring substituents is 1. The summed E-state index contributed by atoms with van der Waals surface area (Å²) in [6.45, 7) is 2.82.